The fourth-order valence-electron chi connectivity index (χ4n) is 2.41. The van der Waals surface area contributed by atoms with E-state index in [2.05, 4.69) is 15.3 Å². The van der Waals surface area contributed by atoms with Gasteiger partial charge in [0, 0.05) is 36.8 Å². The number of nitrogens with one attached hydrogen (secondary N) is 1. The van der Waals surface area contributed by atoms with E-state index in [4.69, 9.17) is 4.74 Å². The normalized spacial score (nSPS) is 16.7. The van der Waals surface area contributed by atoms with Gasteiger partial charge in [0.05, 0.1) is 7.11 Å². The first-order chi connectivity index (χ1) is 9.90. The lowest BCUT2D eigenvalue weighted by Crippen LogP contribution is -2.46. The lowest BCUT2D eigenvalue weighted by atomic mass is 9.93. The first-order valence-electron chi connectivity index (χ1n) is 7.33. The number of nitrogens with zero attached hydrogens (tertiary/aromatic N) is 3. The first-order valence-corrected chi connectivity index (χ1v) is 7.33. The Balaban J connectivity index is 1.88. The Bertz CT molecular complexity index is 491. The molecular formula is C15H24N4O2. The molecule has 1 aromatic rings. The highest BCUT2D eigenvalue weighted by molar-refractivity contribution is 5.81. The minimum Gasteiger partial charge on any atom is -0.481 e. The number of amides is 1. The van der Waals surface area contributed by atoms with Crippen LogP contribution < -0.4 is 10.1 Å². The summed E-state index contributed by atoms with van der Waals surface area (Å²) in [6.45, 7) is 7.44. The van der Waals surface area contributed by atoms with E-state index in [1.54, 1.807) is 19.4 Å². The number of hydrogen-bond acceptors (Lipinski definition) is 5. The van der Waals surface area contributed by atoms with Crippen LogP contribution in [0.15, 0.2) is 12.3 Å². The second-order valence-corrected chi connectivity index (χ2v) is 6.38. The van der Waals surface area contributed by atoms with Gasteiger partial charge in [-0.15, -0.1) is 0 Å². The van der Waals surface area contributed by atoms with Crippen molar-refractivity contribution in [3.8, 4) is 5.88 Å². The van der Waals surface area contributed by atoms with Gasteiger partial charge in [-0.2, -0.15) is 4.98 Å². The minimum absolute atomic E-state index is 0.221. The molecule has 0 spiro atoms. The van der Waals surface area contributed by atoms with Crippen LogP contribution in [0.2, 0.25) is 0 Å². The van der Waals surface area contributed by atoms with E-state index < -0.39 is 0 Å². The molecule has 0 radical (unpaired) electrons. The molecule has 1 N–H and O–H groups in total. The molecule has 116 valence electrons. The lowest BCUT2D eigenvalue weighted by Gasteiger charge is -2.35. The molecule has 1 fully saturated rings. The Morgan fingerprint density at radius 3 is 2.62 bits per heavy atom. The number of carbonyl (C=O) groups excluding carboxylic acids is 1. The summed E-state index contributed by atoms with van der Waals surface area (Å²) in [4.78, 5) is 22.6. The van der Waals surface area contributed by atoms with Crippen molar-refractivity contribution in [1.29, 1.82) is 0 Å². The van der Waals surface area contributed by atoms with Crippen molar-refractivity contribution < 1.29 is 9.53 Å². The second-order valence-electron chi connectivity index (χ2n) is 6.38. The zero-order valence-electron chi connectivity index (χ0n) is 13.2. The van der Waals surface area contributed by atoms with Crippen LogP contribution in [0.25, 0.3) is 0 Å². The fraction of sp³-hybridized carbons (Fsp3) is 0.667. The van der Waals surface area contributed by atoms with E-state index in [0.29, 0.717) is 17.9 Å². The maximum atomic E-state index is 12.2. The van der Waals surface area contributed by atoms with Gasteiger partial charge in [-0.25, -0.2) is 4.98 Å². The van der Waals surface area contributed by atoms with E-state index >= 15 is 0 Å². The highest BCUT2D eigenvalue weighted by atomic mass is 16.5. The summed E-state index contributed by atoms with van der Waals surface area (Å²) in [5.74, 6) is 1.35. The number of methoxy groups -OCH3 is 1. The summed E-state index contributed by atoms with van der Waals surface area (Å²) >= 11 is 0. The number of likely N-dealkylation sites (tertiary alicyclic amines) is 1. The van der Waals surface area contributed by atoms with Crippen LogP contribution in [0.3, 0.4) is 0 Å². The quantitative estimate of drug-likeness (QED) is 0.922. The Kier molecular flexibility index (Phi) is 4.65. The smallest absolute Gasteiger partial charge is 0.227 e. The summed E-state index contributed by atoms with van der Waals surface area (Å²) in [5, 5.41) is 3.31. The molecule has 1 aliphatic rings. The van der Waals surface area contributed by atoms with Crippen molar-refractivity contribution in [1.82, 2.24) is 14.9 Å². The second kappa shape index (κ2) is 6.28. The van der Waals surface area contributed by atoms with Crippen molar-refractivity contribution in [2.45, 2.75) is 39.7 Å². The molecule has 21 heavy (non-hydrogen) atoms. The fourth-order valence-corrected chi connectivity index (χ4v) is 2.41. The van der Waals surface area contributed by atoms with E-state index in [0.717, 1.165) is 25.9 Å². The van der Waals surface area contributed by atoms with E-state index in [9.17, 15) is 4.79 Å². The average molecular weight is 292 g/mol. The van der Waals surface area contributed by atoms with Crippen molar-refractivity contribution in [2.24, 2.45) is 5.41 Å². The molecule has 0 aliphatic carbocycles. The zero-order chi connectivity index (χ0) is 15.5. The lowest BCUT2D eigenvalue weighted by molar-refractivity contribution is -0.140. The maximum absolute atomic E-state index is 12.2. The summed E-state index contributed by atoms with van der Waals surface area (Å²) < 4.78 is 5.09. The molecule has 0 bridgehead atoms. The van der Waals surface area contributed by atoms with Gasteiger partial charge in [0.25, 0.3) is 0 Å². The summed E-state index contributed by atoms with van der Waals surface area (Å²) in [6, 6.07) is 2.01. The average Bonchev–Trinajstić information content (AvgIpc) is 2.46. The molecule has 1 aromatic heterocycles. The molecule has 0 atom stereocenters. The van der Waals surface area contributed by atoms with Gasteiger partial charge in [-0.1, -0.05) is 20.8 Å². The zero-order valence-corrected chi connectivity index (χ0v) is 13.2. The Labute approximate surface area is 125 Å². The van der Waals surface area contributed by atoms with Crippen LogP contribution in [0.1, 0.15) is 33.6 Å². The Morgan fingerprint density at radius 2 is 2.05 bits per heavy atom. The Morgan fingerprint density at radius 1 is 1.38 bits per heavy atom. The highest BCUT2D eigenvalue weighted by Crippen LogP contribution is 2.22. The summed E-state index contributed by atoms with van der Waals surface area (Å²) in [7, 11) is 1.59. The third-order valence-corrected chi connectivity index (χ3v) is 3.60. The number of anilines is 1. The molecule has 0 saturated carbocycles. The first kappa shape index (κ1) is 15.5. The third kappa shape index (κ3) is 4.06. The minimum atomic E-state index is -0.309. The largest absolute Gasteiger partial charge is 0.481 e. The van der Waals surface area contributed by atoms with E-state index in [1.807, 2.05) is 25.7 Å². The van der Waals surface area contributed by atoms with Crippen LogP contribution in [0.4, 0.5) is 5.95 Å². The van der Waals surface area contributed by atoms with Crippen molar-refractivity contribution >= 4 is 11.9 Å². The van der Waals surface area contributed by atoms with Crippen LogP contribution in [0, 0.1) is 5.41 Å². The van der Waals surface area contributed by atoms with Gasteiger partial charge in [0.1, 0.15) is 0 Å². The molecule has 1 saturated heterocycles. The summed E-state index contributed by atoms with van der Waals surface area (Å²) in [6.07, 6.45) is 3.48. The number of hydrogen-bond donors (Lipinski definition) is 1. The van der Waals surface area contributed by atoms with Crippen LogP contribution in [0.5, 0.6) is 5.88 Å². The molecule has 1 aliphatic heterocycles. The van der Waals surface area contributed by atoms with Gasteiger partial charge < -0.3 is 15.0 Å². The highest BCUT2D eigenvalue weighted by Gasteiger charge is 2.30. The van der Waals surface area contributed by atoms with Gasteiger partial charge in [-0.3, -0.25) is 4.79 Å². The number of aromatic nitrogens is 2. The number of ether oxygens (including phenoxy) is 1. The molecule has 6 nitrogen and oxygen atoms in total. The van der Waals surface area contributed by atoms with Crippen LogP contribution in [-0.4, -0.2) is 47.0 Å². The molecule has 0 unspecified atom stereocenters. The maximum Gasteiger partial charge on any atom is 0.227 e. The van der Waals surface area contributed by atoms with Crippen molar-refractivity contribution in [3.05, 3.63) is 12.3 Å². The van der Waals surface area contributed by atoms with Crippen LogP contribution >= 0.6 is 0 Å². The number of piperidine rings is 1. The van der Waals surface area contributed by atoms with Gasteiger partial charge >= 0.3 is 0 Å². The van der Waals surface area contributed by atoms with Crippen LogP contribution in [-0.2, 0) is 4.79 Å². The number of rotatable bonds is 3. The van der Waals surface area contributed by atoms with E-state index in [-0.39, 0.29) is 11.3 Å². The Hall–Kier alpha value is -1.85. The van der Waals surface area contributed by atoms with Crippen molar-refractivity contribution in [3.63, 3.8) is 0 Å². The molecule has 2 rings (SSSR count). The topological polar surface area (TPSA) is 67.3 Å². The standard InChI is InChI=1S/C15H24N4O2/c1-15(2,3)13(20)19-9-6-11(7-10-19)17-14-16-8-5-12(18-14)21-4/h5,8,11H,6-7,9-10H2,1-4H3,(H,16,17,18). The number of carbonyl (C=O) groups is 1. The molecule has 6 heteroatoms. The summed E-state index contributed by atoms with van der Waals surface area (Å²) in [5.41, 5.74) is -0.309. The monoisotopic (exact) mass is 292 g/mol. The van der Waals surface area contributed by atoms with Gasteiger partial charge in [-0.05, 0) is 12.8 Å². The predicted molar refractivity (Wildman–Crippen MR) is 81.3 cm³/mol. The molecular weight excluding hydrogens is 268 g/mol. The third-order valence-electron chi connectivity index (χ3n) is 3.60. The van der Waals surface area contributed by atoms with Gasteiger partial charge in [0.15, 0.2) is 0 Å². The SMILES string of the molecule is COc1ccnc(NC2CCN(C(=O)C(C)(C)C)CC2)n1. The van der Waals surface area contributed by atoms with E-state index in [1.165, 1.54) is 0 Å². The molecule has 0 aromatic carbocycles. The molecule has 1 amide bonds. The van der Waals surface area contributed by atoms with Crippen molar-refractivity contribution in [2.75, 3.05) is 25.5 Å². The molecule has 2 heterocycles. The van der Waals surface area contributed by atoms with Gasteiger partial charge in [0.2, 0.25) is 17.7 Å². The predicted octanol–water partition coefficient (Wildman–Crippen LogP) is 1.93.